The highest BCUT2D eigenvalue weighted by Gasteiger charge is 2.37. The van der Waals surface area contributed by atoms with Crippen LogP contribution in [0.4, 0.5) is 4.39 Å². The Labute approximate surface area is 242 Å². The average molecular weight is 563 g/mol. The number of hydrogen-bond donors (Lipinski definition) is 0. The Morgan fingerprint density at radius 3 is 2.49 bits per heavy atom. The van der Waals surface area contributed by atoms with Gasteiger partial charge < -0.3 is 14.2 Å². The number of carbonyl (C=O) groups is 2. The Morgan fingerprint density at radius 1 is 1.12 bits per heavy atom. The van der Waals surface area contributed by atoms with E-state index in [1.54, 1.807) is 18.0 Å². The van der Waals surface area contributed by atoms with Crippen molar-refractivity contribution in [1.82, 2.24) is 19.4 Å². The third-order valence-corrected chi connectivity index (χ3v) is 9.58. The van der Waals surface area contributed by atoms with Gasteiger partial charge in [0, 0.05) is 50.0 Å². The van der Waals surface area contributed by atoms with Crippen molar-refractivity contribution >= 4 is 22.8 Å². The summed E-state index contributed by atoms with van der Waals surface area (Å²) < 4.78 is 21.4. The van der Waals surface area contributed by atoms with Crippen LogP contribution < -0.4 is 0 Å². The van der Waals surface area contributed by atoms with Gasteiger partial charge in [0.2, 0.25) is 0 Å². The topological polar surface area (TPSA) is 67.7 Å². The maximum absolute atomic E-state index is 14.4. The summed E-state index contributed by atoms with van der Waals surface area (Å²) in [5, 5.41) is 1.16. The number of carbonyl (C=O) groups excluding carboxylic acids is 2. The van der Waals surface area contributed by atoms with Gasteiger partial charge in [-0.15, -0.1) is 0 Å². The first-order valence-corrected chi connectivity index (χ1v) is 14.9. The monoisotopic (exact) mass is 562 g/mol. The Balaban J connectivity index is 1.34. The SMILES string of the molecule is COC(=O)C1CCC([C@@H](C)N2CC(Cc3cn(-c4ccc(F)cc4C(=O)N(C)C(C)C)c4cncc(C)c34)C2)CC1. The normalized spacial score (nSPS) is 20.7. The molecule has 3 aromatic rings. The second kappa shape index (κ2) is 11.9. The van der Waals surface area contributed by atoms with Gasteiger partial charge in [0.05, 0.1) is 36.0 Å². The second-order valence-corrected chi connectivity index (χ2v) is 12.4. The molecule has 0 unspecified atom stereocenters. The molecule has 1 aromatic carbocycles. The van der Waals surface area contributed by atoms with Crippen LogP contribution in [-0.4, -0.2) is 70.6 Å². The molecule has 2 aromatic heterocycles. The Bertz CT molecular complexity index is 1420. The van der Waals surface area contributed by atoms with E-state index < -0.39 is 5.82 Å². The molecule has 220 valence electrons. The zero-order valence-electron chi connectivity index (χ0n) is 25.2. The third kappa shape index (κ3) is 5.76. The summed E-state index contributed by atoms with van der Waals surface area (Å²) in [5.74, 6) is 0.520. The minimum atomic E-state index is -0.428. The maximum Gasteiger partial charge on any atom is 0.308 e. The number of halogens is 1. The molecule has 0 N–H and O–H groups in total. The molecule has 0 spiro atoms. The lowest BCUT2D eigenvalue weighted by Gasteiger charge is -2.47. The van der Waals surface area contributed by atoms with Gasteiger partial charge in [-0.3, -0.25) is 19.5 Å². The Hall–Kier alpha value is -3.26. The lowest BCUT2D eigenvalue weighted by Crippen LogP contribution is -2.54. The molecular formula is C33H43FN4O3. The van der Waals surface area contributed by atoms with Crippen LogP contribution in [0.5, 0.6) is 0 Å². The molecule has 5 rings (SSSR count). The molecule has 1 atom stereocenters. The molecule has 1 aliphatic carbocycles. The highest BCUT2D eigenvalue weighted by molar-refractivity contribution is 5.99. The van der Waals surface area contributed by atoms with Crippen LogP contribution in [0.2, 0.25) is 0 Å². The van der Waals surface area contributed by atoms with Gasteiger partial charge in [0.15, 0.2) is 0 Å². The van der Waals surface area contributed by atoms with Crippen molar-refractivity contribution in [1.29, 1.82) is 0 Å². The summed E-state index contributed by atoms with van der Waals surface area (Å²) in [6.45, 7) is 10.4. The molecule has 2 aliphatic rings. The summed E-state index contributed by atoms with van der Waals surface area (Å²) in [7, 11) is 3.23. The predicted molar refractivity (Wildman–Crippen MR) is 159 cm³/mol. The molecule has 7 nitrogen and oxygen atoms in total. The average Bonchev–Trinajstić information content (AvgIpc) is 3.32. The fraction of sp³-hybridized carbons (Fsp3) is 0.545. The van der Waals surface area contributed by atoms with Crippen LogP contribution in [0.3, 0.4) is 0 Å². The van der Waals surface area contributed by atoms with Gasteiger partial charge in [-0.1, -0.05) is 0 Å². The van der Waals surface area contributed by atoms with E-state index >= 15 is 0 Å². The largest absolute Gasteiger partial charge is 0.469 e. The van der Waals surface area contributed by atoms with Crippen molar-refractivity contribution in [3.8, 4) is 5.69 Å². The number of aromatic nitrogens is 2. The molecule has 8 heteroatoms. The Kier molecular flexibility index (Phi) is 8.50. The first-order chi connectivity index (χ1) is 19.6. The van der Waals surface area contributed by atoms with E-state index in [1.165, 1.54) is 24.8 Å². The third-order valence-electron chi connectivity index (χ3n) is 9.58. The standard InChI is InChI=1S/C33H43FN4O3/c1-20(2)36(5)32(39)28-14-27(34)11-12-29(28)38-19-26(31-21(3)15-35-16-30(31)38)13-23-17-37(18-23)22(4)24-7-9-25(10-8-24)33(40)41-6/h11-12,14-16,19-20,22-25H,7-10,13,17-18H2,1-6H3/t22-,24?,25?/m1/s1. The van der Waals surface area contributed by atoms with Crippen LogP contribution in [0.25, 0.3) is 16.6 Å². The van der Waals surface area contributed by atoms with Crippen molar-refractivity contribution in [2.75, 3.05) is 27.2 Å². The highest BCUT2D eigenvalue weighted by Crippen LogP contribution is 2.37. The fourth-order valence-corrected chi connectivity index (χ4v) is 6.79. The van der Waals surface area contributed by atoms with Crippen molar-refractivity contribution in [2.24, 2.45) is 17.8 Å². The van der Waals surface area contributed by atoms with Crippen LogP contribution in [0.15, 0.2) is 36.8 Å². The van der Waals surface area contributed by atoms with Crippen LogP contribution in [-0.2, 0) is 16.0 Å². The number of ether oxygens (including phenoxy) is 1. The van der Waals surface area contributed by atoms with Crippen LogP contribution in [0.1, 0.15) is 67.9 Å². The fourth-order valence-electron chi connectivity index (χ4n) is 6.79. The number of pyridine rings is 1. The number of amides is 1. The van der Waals surface area contributed by atoms with Crippen LogP contribution >= 0.6 is 0 Å². The number of esters is 1. The summed E-state index contributed by atoms with van der Waals surface area (Å²) in [6, 6.07) is 4.95. The molecular weight excluding hydrogens is 519 g/mol. The Morgan fingerprint density at radius 2 is 1.83 bits per heavy atom. The van der Waals surface area contributed by atoms with Gasteiger partial charge >= 0.3 is 5.97 Å². The maximum atomic E-state index is 14.4. The summed E-state index contributed by atoms with van der Waals surface area (Å²) in [4.78, 5) is 34.0. The van der Waals surface area contributed by atoms with Crippen molar-refractivity contribution in [2.45, 2.75) is 71.9 Å². The summed E-state index contributed by atoms with van der Waals surface area (Å²) in [6.07, 6.45) is 10.8. The zero-order chi connectivity index (χ0) is 29.4. The smallest absolute Gasteiger partial charge is 0.308 e. The quantitative estimate of drug-likeness (QED) is 0.325. The summed E-state index contributed by atoms with van der Waals surface area (Å²) in [5.41, 5.74) is 4.27. The van der Waals surface area contributed by atoms with Crippen LogP contribution in [0, 0.1) is 30.5 Å². The van der Waals surface area contributed by atoms with E-state index in [9.17, 15) is 14.0 Å². The van der Waals surface area contributed by atoms with Gasteiger partial charge in [0.1, 0.15) is 5.82 Å². The number of rotatable bonds is 8. The lowest BCUT2D eigenvalue weighted by molar-refractivity contribution is -0.147. The lowest BCUT2D eigenvalue weighted by atomic mass is 9.77. The molecule has 2 fully saturated rings. The van der Waals surface area contributed by atoms with Gasteiger partial charge in [-0.05, 0) is 101 Å². The first-order valence-electron chi connectivity index (χ1n) is 14.9. The number of fused-ring (bicyclic) bond motifs is 1. The van der Waals surface area contributed by atoms with E-state index in [4.69, 9.17) is 4.74 Å². The van der Waals surface area contributed by atoms with E-state index in [0.29, 0.717) is 29.1 Å². The van der Waals surface area contributed by atoms with Gasteiger partial charge in [-0.2, -0.15) is 0 Å². The number of hydrogen-bond acceptors (Lipinski definition) is 5. The number of nitrogens with zero attached hydrogens (tertiary/aromatic N) is 4. The molecule has 1 amide bonds. The molecule has 0 bridgehead atoms. The number of likely N-dealkylation sites (tertiary alicyclic amines) is 1. The van der Waals surface area contributed by atoms with E-state index in [0.717, 1.165) is 61.7 Å². The molecule has 3 heterocycles. The molecule has 1 saturated heterocycles. The van der Waals surface area contributed by atoms with E-state index in [2.05, 4.69) is 29.9 Å². The first kappa shape index (κ1) is 29.2. The summed E-state index contributed by atoms with van der Waals surface area (Å²) >= 11 is 0. The second-order valence-electron chi connectivity index (χ2n) is 12.4. The van der Waals surface area contributed by atoms with Gasteiger partial charge in [0.25, 0.3) is 5.91 Å². The number of benzene rings is 1. The number of methoxy groups -OCH3 is 1. The van der Waals surface area contributed by atoms with Crippen molar-refractivity contribution in [3.05, 3.63) is 59.3 Å². The molecule has 1 aliphatic heterocycles. The predicted octanol–water partition coefficient (Wildman–Crippen LogP) is 5.80. The number of aryl methyl sites for hydroxylation is 1. The minimum Gasteiger partial charge on any atom is -0.469 e. The highest BCUT2D eigenvalue weighted by atomic mass is 19.1. The van der Waals surface area contributed by atoms with Crippen molar-refractivity contribution < 1.29 is 18.7 Å². The van der Waals surface area contributed by atoms with Crippen molar-refractivity contribution in [3.63, 3.8) is 0 Å². The molecule has 41 heavy (non-hydrogen) atoms. The van der Waals surface area contributed by atoms with Gasteiger partial charge in [-0.25, -0.2) is 4.39 Å². The minimum absolute atomic E-state index is 0.00802. The molecule has 0 radical (unpaired) electrons. The molecule has 1 saturated carbocycles. The van der Waals surface area contributed by atoms with E-state index in [-0.39, 0.29) is 23.8 Å². The van der Waals surface area contributed by atoms with E-state index in [1.807, 2.05) is 30.8 Å². The zero-order valence-corrected chi connectivity index (χ0v) is 25.2.